The molecule has 0 heterocycles. The first-order valence-corrected chi connectivity index (χ1v) is 9.33. The van der Waals surface area contributed by atoms with E-state index in [0.29, 0.717) is 0 Å². The Morgan fingerprint density at radius 1 is 0.684 bits per heavy atom. The van der Waals surface area contributed by atoms with Gasteiger partial charge >= 0.3 is 0 Å². The Morgan fingerprint density at radius 3 is 2.00 bits per heavy atom. The molecule has 19 heavy (non-hydrogen) atoms. The molecule has 2 aliphatic carbocycles. The van der Waals surface area contributed by atoms with E-state index >= 15 is 0 Å². The van der Waals surface area contributed by atoms with Crippen molar-refractivity contribution in [2.45, 2.75) is 97.3 Å². The van der Waals surface area contributed by atoms with E-state index in [0.717, 1.165) is 23.7 Å². The molecule has 2 fully saturated rings. The molecule has 0 saturated heterocycles. The van der Waals surface area contributed by atoms with Gasteiger partial charge in [-0.05, 0) is 49.4 Å². The van der Waals surface area contributed by atoms with E-state index in [1.165, 1.54) is 38.5 Å². The fourth-order valence-corrected chi connectivity index (χ4v) is 4.75. The first kappa shape index (κ1) is 15.4. The molecule has 2 saturated carbocycles. The lowest BCUT2D eigenvalue weighted by Crippen LogP contribution is -2.30. The third-order valence-electron chi connectivity index (χ3n) is 6.12. The van der Waals surface area contributed by atoms with Gasteiger partial charge in [0.25, 0.3) is 0 Å². The smallest absolute Gasteiger partial charge is 0.0383 e. The zero-order valence-electron chi connectivity index (χ0n) is 13.5. The molecule has 0 aliphatic heterocycles. The topological polar surface area (TPSA) is 0 Å². The number of unbranched alkanes of at least 4 members (excludes halogenated alkanes) is 4. The zero-order valence-corrected chi connectivity index (χ0v) is 13.5. The molecule has 0 radical (unpaired) electrons. The maximum atomic E-state index is 2.40. The van der Waals surface area contributed by atoms with E-state index in [4.69, 9.17) is 0 Å². The maximum Gasteiger partial charge on any atom is -0.0383 e. The Bertz CT molecular complexity index is 230. The summed E-state index contributed by atoms with van der Waals surface area (Å²) in [5, 5.41) is 0. The highest BCUT2D eigenvalue weighted by Gasteiger charge is 2.34. The molecular formula is C19H36. The molecule has 0 aromatic rings. The van der Waals surface area contributed by atoms with Crippen LogP contribution in [0.25, 0.3) is 0 Å². The minimum Gasteiger partial charge on any atom is -0.0654 e. The van der Waals surface area contributed by atoms with Gasteiger partial charge in [-0.25, -0.2) is 0 Å². The minimum absolute atomic E-state index is 1.08. The van der Waals surface area contributed by atoms with Crippen molar-refractivity contribution in [3.8, 4) is 0 Å². The van der Waals surface area contributed by atoms with Crippen LogP contribution in [0.4, 0.5) is 0 Å². The molecule has 0 aromatic carbocycles. The predicted molar refractivity (Wildman–Crippen MR) is 85.3 cm³/mol. The lowest BCUT2D eigenvalue weighted by atomic mass is 9.64. The van der Waals surface area contributed by atoms with Crippen molar-refractivity contribution in [1.82, 2.24) is 0 Å². The van der Waals surface area contributed by atoms with Crippen molar-refractivity contribution in [2.24, 2.45) is 23.7 Å². The Hall–Kier alpha value is 0. The maximum absolute atomic E-state index is 2.40. The molecule has 2 aliphatic rings. The largest absolute Gasteiger partial charge is 0.0654 e. The standard InChI is InChI=1S/C19H36/c1-3-5-6-7-8-9-17-11-13-18-14-16(4-2)10-12-19(18)15-17/h16-19H,3-15H2,1-2H3/t16-,17?,18?,19-/m1/s1. The van der Waals surface area contributed by atoms with Gasteiger partial charge in [0.2, 0.25) is 0 Å². The van der Waals surface area contributed by atoms with Crippen LogP contribution >= 0.6 is 0 Å². The second-order valence-electron chi connectivity index (χ2n) is 7.49. The molecule has 2 rings (SSSR count). The Balaban J connectivity index is 1.63. The molecule has 0 spiro atoms. The third kappa shape index (κ3) is 4.80. The SMILES string of the molecule is CCCCCCCC1CCC2C[C@H](CC)CC[C@@H]2C1. The van der Waals surface area contributed by atoms with Crippen molar-refractivity contribution in [3.05, 3.63) is 0 Å². The van der Waals surface area contributed by atoms with Gasteiger partial charge in [0.05, 0.1) is 0 Å². The van der Waals surface area contributed by atoms with E-state index in [9.17, 15) is 0 Å². The van der Waals surface area contributed by atoms with Gasteiger partial charge in [-0.1, -0.05) is 71.6 Å². The molecule has 2 unspecified atom stereocenters. The molecule has 0 nitrogen and oxygen atoms in total. The van der Waals surface area contributed by atoms with Crippen LogP contribution in [0.5, 0.6) is 0 Å². The third-order valence-corrected chi connectivity index (χ3v) is 6.12. The van der Waals surface area contributed by atoms with Crippen LogP contribution in [0, 0.1) is 23.7 Å². The average molecular weight is 264 g/mol. The van der Waals surface area contributed by atoms with Crippen LogP contribution in [-0.2, 0) is 0 Å². The number of rotatable bonds is 7. The number of fused-ring (bicyclic) bond motifs is 1. The van der Waals surface area contributed by atoms with Gasteiger partial charge in [-0.2, -0.15) is 0 Å². The number of hydrogen-bond donors (Lipinski definition) is 0. The number of hydrogen-bond acceptors (Lipinski definition) is 0. The van der Waals surface area contributed by atoms with E-state index in [2.05, 4.69) is 13.8 Å². The van der Waals surface area contributed by atoms with Crippen LogP contribution in [0.2, 0.25) is 0 Å². The van der Waals surface area contributed by atoms with Gasteiger partial charge < -0.3 is 0 Å². The van der Waals surface area contributed by atoms with E-state index in [-0.39, 0.29) is 0 Å². The molecule has 0 bridgehead atoms. The fourth-order valence-electron chi connectivity index (χ4n) is 4.75. The molecule has 112 valence electrons. The van der Waals surface area contributed by atoms with Crippen LogP contribution in [0.1, 0.15) is 97.3 Å². The first-order chi connectivity index (χ1) is 9.33. The zero-order chi connectivity index (χ0) is 13.5. The summed E-state index contributed by atoms with van der Waals surface area (Å²) in [4.78, 5) is 0. The lowest BCUT2D eigenvalue weighted by Gasteiger charge is -2.42. The van der Waals surface area contributed by atoms with E-state index in [1.54, 1.807) is 44.9 Å². The first-order valence-electron chi connectivity index (χ1n) is 9.33. The minimum atomic E-state index is 1.08. The Kier molecular flexibility index (Phi) is 6.74. The monoisotopic (exact) mass is 264 g/mol. The van der Waals surface area contributed by atoms with Gasteiger partial charge in [-0.3, -0.25) is 0 Å². The summed E-state index contributed by atoms with van der Waals surface area (Å²) < 4.78 is 0. The summed E-state index contributed by atoms with van der Waals surface area (Å²) in [5.41, 5.74) is 0. The summed E-state index contributed by atoms with van der Waals surface area (Å²) in [6.45, 7) is 4.71. The summed E-state index contributed by atoms with van der Waals surface area (Å²) in [5.74, 6) is 4.42. The second kappa shape index (κ2) is 8.32. The van der Waals surface area contributed by atoms with E-state index in [1.807, 2.05) is 0 Å². The fraction of sp³-hybridized carbons (Fsp3) is 1.00. The summed E-state index contributed by atoms with van der Waals surface area (Å²) in [6.07, 6.45) is 19.7. The van der Waals surface area contributed by atoms with Crippen LogP contribution in [0.3, 0.4) is 0 Å². The van der Waals surface area contributed by atoms with Gasteiger partial charge in [0, 0.05) is 0 Å². The van der Waals surface area contributed by atoms with Crippen LogP contribution in [0.15, 0.2) is 0 Å². The van der Waals surface area contributed by atoms with Crippen molar-refractivity contribution >= 4 is 0 Å². The summed E-state index contributed by atoms with van der Waals surface area (Å²) >= 11 is 0. The van der Waals surface area contributed by atoms with Crippen molar-refractivity contribution in [2.75, 3.05) is 0 Å². The van der Waals surface area contributed by atoms with E-state index < -0.39 is 0 Å². The van der Waals surface area contributed by atoms with Gasteiger partial charge in [0.1, 0.15) is 0 Å². The average Bonchev–Trinajstić information content (AvgIpc) is 2.46. The van der Waals surface area contributed by atoms with Crippen molar-refractivity contribution < 1.29 is 0 Å². The Labute approximate surface area is 121 Å². The second-order valence-corrected chi connectivity index (χ2v) is 7.49. The molecule has 0 aromatic heterocycles. The highest BCUT2D eigenvalue weighted by Crippen LogP contribution is 2.46. The quantitative estimate of drug-likeness (QED) is 0.455. The molecule has 0 N–H and O–H groups in total. The Morgan fingerprint density at radius 2 is 1.32 bits per heavy atom. The lowest BCUT2D eigenvalue weighted by molar-refractivity contribution is 0.0929. The highest BCUT2D eigenvalue weighted by molar-refractivity contribution is 4.85. The molecule has 0 amide bonds. The normalized spacial score (nSPS) is 35.1. The van der Waals surface area contributed by atoms with Gasteiger partial charge in [0.15, 0.2) is 0 Å². The summed E-state index contributed by atoms with van der Waals surface area (Å²) in [7, 11) is 0. The highest BCUT2D eigenvalue weighted by atomic mass is 14.4. The van der Waals surface area contributed by atoms with Crippen molar-refractivity contribution in [1.29, 1.82) is 0 Å². The van der Waals surface area contributed by atoms with Crippen molar-refractivity contribution in [3.63, 3.8) is 0 Å². The van der Waals surface area contributed by atoms with Crippen LogP contribution in [-0.4, -0.2) is 0 Å². The molecule has 4 atom stereocenters. The predicted octanol–water partition coefficient (Wildman–Crippen LogP) is 6.59. The molecular weight excluding hydrogens is 228 g/mol. The summed E-state index contributed by atoms with van der Waals surface area (Å²) in [6, 6.07) is 0. The molecule has 0 heteroatoms. The van der Waals surface area contributed by atoms with Crippen LogP contribution < -0.4 is 0 Å². The van der Waals surface area contributed by atoms with Gasteiger partial charge in [-0.15, -0.1) is 0 Å².